The number of carbonyl (C=O) groups is 2. The topological polar surface area (TPSA) is 105 Å². The van der Waals surface area contributed by atoms with Gasteiger partial charge in [0.1, 0.15) is 6.04 Å². The Labute approximate surface area is 267 Å². The fourth-order valence-electron chi connectivity index (χ4n) is 5.80. The van der Waals surface area contributed by atoms with Crippen molar-refractivity contribution < 1.29 is 27.5 Å². The molecule has 2 amide bonds. The van der Waals surface area contributed by atoms with Crippen molar-refractivity contribution in [2.24, 2.45) is 0 Å². The highest BCUT2D eigenvalue weighted by atomic mass is 79.9. The first-order valence-corrected chi connectivity index (χ1v) is 17.6. The third kappa shape index (κ3) is 8.32. The maximum atomic E-state index is 14.1. The molecule has 1 unspecified atom stereocenters. The van der Waals surface area contributed by atoms with Crippen LogP contribution in [0.4, 0.5) is 5.69 Å². The molecule has 1 aliphatic carbocycles. The van der Waals surface area contributed by atoms with E-state index in [1.54, 1.807) is 23.1 Å². The number of fused-ring (bicyclic) bond motifs is 1. The van der Waals surface area contributed by atoms with Crippen LogP contribution in [-0.4, -0.2) is 56.8 Å². The predicted molar refractivity (Wildman–Crippen MR) is 173 cm³/mol. The molecule has 2 aliphatic rings. The van der Waals surface area contributed by atoms with Crippen LogP contribution in [0.5, 0.6) is 11.5 Å². The number of sulfonamides is 1. The van der Waals surface area contributed by atoms with E-state index in [4.69, 9.17) is 9.47 Å². The summed E-state index contributed by atoms with van der Waals surface area (Å²) in [6, 6.07) is 21.8. The molecule has 0 saturated heterocycles. The Kier molecular flexibility index (Phi) is 10.5. The third-order valence-electron chi connectivity index (χ3n) is 8.01. The van der Waals surface area contributed by atoms with Crippen LogP contribution in [0.25, 0.3) is 0 Å². The van der Waals surface area contributed by atoms with Gasteiger partial charge in [-0.2, -0.15) is 0 Å². The summed E-state index contributed by atoms with van der Waals surface area (Å²) in [5.41, 5.74) is 2.28. The lowest BCUT2D eigenvalue weighted by atomic mass is 10.0. The second-order valence-corrected chi connectivity index (χ2v) is 14.1. The summed E-state index contributed by atoms with van der Waals surface area (Å²) in [5, 5.41) is 3.22. The Morgan fingerprint density at radius 2 is 1.68 bits per heavy atom. The average molecular weight is 685 g/mol. The molecule has 0 bridgehead atoms. The highest BCUT2D eigenvalue weighted by molar-refractivity contribution is 9.10. The maximum Gasteiger partial charge on any atom is 0.243 e. The Balaban J connectivity index is 1.38. The third-order valence-corrected chi connectivity index (χ3v) is 9.70. The maximum absolute atomic E-state index is 14.1. The molecule has 44 heavy (non-hydrogen) atoms. The number of hydrogen-bond acceptors (Lipinski definition) is 6. The zero-order chi connectivity index (χ0) is 31.1. The number of amides is 2. The van der Waals surface area contributed by atoms with Gasteiger partial charge in [-0.05, 0) is 54.7 Å². The van der Waals surface area contributed by atoms with E-state index >= 15 is 0 Å². The lowest BCUT2D eigenvalue weighted by Gasteiger charge is -2.33. The quantitative estimate of drug-likeness (QED) is 0.258. The first-order chi connectivity index (χ1) is 21.2. The zero-order valence-corrected chi connectivity index (χ0v) is 27.2. The molecule has 3 aromatic rings. The first kappa shape index (κ1) is 31.8. The number of nitrogens with zero attached hydrogens (tertiary/aromatic N) is 2. The molecule has 0 radical (unpaired) electrons. The van der Waals surface area contributed by atoms with Gasteiger partial charge in [0.25, 0.3) is 0 Å². The van der Waals surface area contributed by atoms with E-state index in [1.807, 2.05) is 54.6 Å². The molecule has 9 nitrogen and oxygen atoms in total. The summed E-state index contributed by atoms with van der Waals surface area (Å²) in [7, 11) is -3.65. The minimum atomic E-state index is -3.65. The summed E-state index contributed by atoms with van der Waals surface area (Å²) in [5.74, 6) is 0.652. The Hall–Kier alpha value is -3.57. The van der Waals surface area contributed by atoms with Gasteiger partial charge in [-0.1, -0.05) is 71.2 Å². The smallest absolute Gasteiger partial charge is 0.243 e. The molecule has 0 aromatic heterocycles. The standard InChI is InChI=1S/C33H38BrN3O6S/c1-44(40,41)37(28-16-17-30-31(21-28)43-23-42-30)18-8-15-32(38)36(22-25-11-7-12-26(34)19-25)29(20-24-9-3-2-4-10-24)33(39)35-27-13-5-6-14-27/h2-4,7,9-12,16-17,19,21,27,29H,5-6,8,13-15,18,20,22-23H2,1H3,(H,35,39). The molecule has 1 fully saturated rings. The van der Waals surface area contributed by atoms with Crippen molar-refractivity contribution in [2.75, 3.05) is 23.9 Å². The molecule has 1 heterocycles. The Bertz CT molecular complexity index is 1560. The fraction of sp³-hybridized carbons (Fsp3) is 0.394. The van der Waals surface area contributed by atoms with Crippen molar-refractivity contribution >= 4 is 43.5 Å². The van der Waals surface area contributed by atoms with Gasteiger partial charge >= 0.3 is 0 Å². The minimum Gasteiger partial charge on any atom is -0.454 e. The summed E-state index contributed by atoms with van der Waals surface area (Å²) >= 11 is 3.52. The number of ether oxygens (including phenoxy) is 2. The normalized spacial score (nSPS) is 15.1. The largest absolute Gasteiger partial charge is 0.454 e. The summed E-state index contributed by atoms with van der Waals surface area (Å²) in [4.78, 5) is 29.6. The second-order valence-electron chi connectivity index (χ2n) is 11.3. The van der Waals surface area contributed by atoms with Gasteiger partial charge in [0.15, 0.2) is 11.5 Å². The van der Waals surface area contributed by atoms with E-state index in [1.165, 1.54) is 4.31 Å². The van der Waals surface area contributed by atoms with Gasteiger partial charge < -0.3 is 19.7 Å². The molecule has 0 spiro atoms. The van der Waals surface area contributed by atoms with E-state index in [2.05, 4.69) is 21.2 Å². The molecule has 1 atom stereocenters. The van der Waals surface area contributed by atoms with Crippen LogP contribution in [-0.2, 0) is 32.6 Å². The Morgan fingerprint density at radius 3 is 2.41 bits per heavy atom. The van der Waals surface area contributed by atoms with Crippen LogP contribution in [0.3, 0.4) is 0 Å². The number of carbonyl (C=O) groups excluding carboxylic acids is 2. The molecule has 3 aromatic carbocycles. The molecule has 11 heteroatoms. The van der Waals surface area contributed by atoms with Gasteiger partial charge in [0.05, 0.1) is 11.9 Å². The number of rotatable bonds is 13. The number of nitrogens with one attached hydrogen (secondary N) is 1. The SMILES string of the molecule is CS(=O)(=O)N(CCCC(=O)N(Cc1cccc(Br)c1)C(Cc1ccccc1)C(=O)NC1CCCC1)c1ccc2c(c1)OCO2. The van der Waals surface area contributed by atoms with E-state index in [0.29, 0.717) is 23.6 Å². The van der Waals surface area contributed by atoms with E-state index in [0.717, 1.165) is 47.5 Å². The van der Waals surface area contributed by atoms with Crippen molar-refractivity contribution in [3.8, 4) is 11.5 Å². The van der Waals surface area contributed by atoms with Gasteiger partial charge in [-0.15, -0.1) is 0 Å². The lowest BCUT2D eigenvalue weighted by Crippen LogP contribution is -2.52. The molecule has 1 N–H and O–H groups in total. The first-order valence-electron chi connectivity index (χ1n) is 14.9. The van der Waals surface area contributed by atoms with Crippen LogP contribution >= 0.6 is 15.9 Å². The van der Waals surface area contributed by atoms with Crippen molar-refractivity contribution in [2.45, 2.75) is 63.6 Å². The highest BCUT2D eigenvalue weighted by Crippen LogP contribution is 2.36. The van der Waals surface area contributed by atoms with Gasteiger partial charge in [0, 0.05) is 42.5 Å². The van der Waals surface area contributed by atoms with Gasteiger partial charge in [-0.25, -0.2) is 8.42 Å². The molecular weight excluding hydrogens is 646 g/mol. The second kappa shape index (κ2) is 14.5. The summed E-state index contributed by atoms with van der Waals surface area (Å²) < 4.78 is 38.5. The van der Waals surface area contributed by atoms with E-state index < -0.39 is 16.1 Å². The number of halogens is 1. The highest BCUT2D eigenvalue weighted by Gasteiger charge is 2.32. The van der Waals surface area contributed by atoms with Crippen LogP contribution in [0, 0.1) is 0 Å². The summed E-state index contributed by atoms with van der Waals surface area (Å²) in [6.45, 7) is 0.414. The average Bonchev–Trinajstić information content (AvgIpc) is 3.69. The lowest BCUT2D eigenvalue weighted by molar-refractivity contribution is -0.141. The number of hydrogen-bond donors (Lipinski definition) is 1. The summed E-state index contributed by atoms with van der Waals surface area (Å²) in [6.07, 6.45) is 5.86. The van der Waals surface area contributed by atoms with Gasteiger partial charge in [-0.3, -0.25) is 13.9 Å². The van der Waals surface area contributed by atoms with Crippen molar-refractivity contribution in [1.82, 2.24) is 10.2 Å². The van der Waals surface area contributed by atoms with Crippen molar-refractivity contribution in [3.63, 3.8) is 0 Å². The number of benzene rings is 3. The molecule has 5 rings (SSSR count). The van der Waals surface area contributed by atoms with Gasteiger partial charge in [0.2, 0.25) is 28.6 Å². The van der Waals surface area contributed by atoms with Crippen molar-refractivity contribution in [1.29, 1.82) is 0 Å². The zero-order valence-electron chi connectivity index (χ0n) is 24.8. The Morgan fingerprint density at radius 1 is 0.955 bits per heavy atom. The van der Waals surface area contributed by atoms with Crippen LogP contribution in [0.15, 0.2) is 77.3 Å². The van der Waals surface area contributed by atoms with Crippen molar-refractivity contribution in [3.05, 3.63) is 88.4 Å². The molecule has 1 saturated carbocycles. The van der Waals surface area contributed by atoms with E-state index in [9.17, 15) is 18.0 Å². The number of anilines is 1. The van der Waals surface area contributed by atoms with Crippen LogP contribution in [0.2, 0.25) is 0 Å². The van der Waals surface area contributed by atoms with E-state index in [-0.39, 0.29) is 50.6 Å². The van der Waals surface area contributed by atoms with Crippen LogP contribution < -0.4 is 19.1 Å². The monoisotopic (exact) mass is 683 g/mol. The van der Waals surface area contributed by atoms with Crippen LogP contribution in [0.1, 0.15) is 49.7 Å². The minimum absolute atomic E-state index is 0.0621. The molecule has 1 aliphatic heterocycles. The fourth-order valence-corrected chi connectivity index (χ4v) is 7.20. The molecular formula is C33H38BrN3O6S. The predicted octanol–water partition coefficient (Wildman–Crippen LogP) is 5.42. The molecule has 234 valence electrons.